The summed E-state index contributed by atoms with van der Waals surface area (Å²) in [6.07, 6.45) is 11.2. The van der Waals surface area contributed by atoms with Crippen LogP contribution in [0.15, 0.2) is 73.1 Å². The van der Waals surface area contributed by atoms with Crippen LogP contribution in [0, 0.1) is 23.2 Å². The SMILES string of the molecule is COC(=O)N[C@H](C(=O)N1CC2(CC2)C[C@H]1c1ncc(-c2ccc3cc(-c4ccc(-c5cnc(C6C7CC[C@H](C7)N6C(=O)[C@@H](NC(=O)OC)C6CCOCC6)[nH]5)cc4)ccc3c2)[nH]1)C1CCOCC1. The number of carbonyl (C=O) groups excluding carboxylic acids is 4. The normalized spacial score (nSPS) is 24.3. The summed E-state index contributed by atoms with van der Waals surface area (Å²) in [5.74, 6) is 1.64. The molecule has 6 heterocycles. The summed E-state index contributed by atoms with van der Waals surface area (Å²) in [6, 6.07) is 19.7. The molecule has 6 atom stereocenters. The third-order valence-electron chi connectivity index (χ3n) is 16.0. The van der Waals surface area contributed by atoms with E-state index >= 15 is 0 Å². The van der Waals surface area contributed by atoms with Crippen molar-refractivity contribution in [2.45, 2.75) is 94.4 Å². The minimum absolute atomic E-state index is 0.0249. The average molecular weight is 925 g/mol. The predicted molar refractivity (Wildman–Crippen MR) is 252 cm³/mol. The summed E-state index contributed by atoms with van der Waals surface area (Å²) in [7, 11) is 2.65. The highest BCUT2D eigenvalue weighted by molar-refractivity contribution is 5.91. The van der Waals surface area contributed by atoms with Gasteiger partial charge in [0.05, 0.1) is 50.1 Å². The summed E-state index contributed by atoms with van der Waals surface area (Å²) >= 11 is 0. The van der Waals surface area contributed by atoms with Crippen LogP contribution in [0.1, 0.15) is 87.9 Å². The number of aromatic nitrogens is 4. The van der Waals surface area contributed by atoms with Crippen LogP contribution in [0.3, 0.4) is 0 Å². The highest BCUT2D eigenvalue weighted by atomic mass is 16.5. The summed E-state index contributed by atoms with van der Waals surface area (Å²) in [5, 5.41) is 7.96. The van der Waals surface area contributed by atoms with Gasteiger partial charge in [-0.15, -0.1) is 0 Å². The third kappa shape index (κ3) is 8.50. The van der Waals surface area contributed by atoms with E-state index in [1.165, 1.54) is 14.2 Å². The molecule has 0 radical (unpaired) electrons. The van der Waals surface area contributed by atoms with Crippen LogP contribution >= 0.6 is 0 Å². The van der Waals surface area contributed by atoms with E-state index in [2.05, 4.69) is 81.3 Å². The summed E-state index contributed by atoms with van der Waals surface area (Å²) < 4.78 is 21.0. The Morgan fingerprint density at radius 1 is 0.676 bits per heavy atom. The second kappa shape index (κ2) is 18.3. The molecule has 4 saturated heterocycles. The molecule has 1 spiro atoms. The minimum Gasteiger partial charge on any atom is -0.453 e. The molecule has 68 heavy (non-hydrogen) atoms. The lowest BCUT2D eigenvalue weighted by Gasteiger charge is -2.39. The number of fused-ring (bicyclic) bond motifs is 3. The van der Waals surface area contributed by atoms with Crippen LogP contribution in [0.2, 0.25) is 0 Å². The molecule has 2 unspecified atom stereocenters. The fourth-order valence-electron chi connectivity index (χ4n) is 12.0. The Morgan fingerprint density at radius 2 is 1.22 bits per heavy atom. The lowest BCUT2D eigenvalue weighted by Crippen LogP contribution is -2.55. The van der Waals surface area contributed by atoms with Gasteiger partial charge >= 0.3 is 12.2 Å². The molecular formula is C52H60N8O8. The highest BCUT2D eigenvalue weighted by Crippen LogP contribution is 2.58. The number of hydrogen-bond donors (Lipinski definition) is 4. The number of imidazole rings is 2. The Hall–Kier alpha value is -6.26. The van der Waals surface area contributed by atoms with Gasteiger partial charge in [0.25, 0.3) is 0 Å². The number of rotatable bonds is 11. The van der Waals surface area contributed by atoms with Gasteiger partial charge in [0, 0.05) is 44.6 Å². The second-order valence-corrected chi connectivity index (χ2v) is 19.9. The van der Waals surface area contributed by atoms with Crippen molar-refractivity contribution in [3.05, 3.63) is 84.7 Å². The number of nitrogens with one attached hydrogen (secondary N) is 4. The Bertz CT molecular complexity index is 2680. The standard InChI is InChI=1S/C52H60N8O8/c1-65-50(63)57-43(32-13-19-67-20-14-32)48(61)59-29-52(17-18-52)26-42(59)46-53-28-41(55-46)37-10-9-35-23-34(7-8-36(35)24-37)30-3-5-31(6-4-30)40-27-54-47(56-40)45-38-11-12-39(25-38)60(45)49(62)44(58-51(64)66-2)33-15-21-68-22-16-33/h3-10,23-24,27-28,32-33,38-39,42-45H,11-22,25-26,29H2,1-2H3,(H,53,55)(H,54,56)(H,57,63)(H,58,64)/t38?,39-,42+,43+,44+,45?/m1/s1. The smallest absolute Gasteiger partial charge is 0.407 e. The quantitative estimate of drug-likeness (QED) is 0.102. The second-order valence-electron chi connectivity index (χ2n) is 19.9. The molecule has 4 amide bonds. The van der Waals surface area contributed by atoms with E-state index in [4.69, 9.17) is 28.9 Å². The third-order valence-corrected chi connectivity index (χ3v) is 16.0. The van der Waals surface area contributed by atoms with E-state index in [0.29, 0.717) is 64.6 Å². The lowest BCUT2D eigenvalue weighted by molar-refractivity contribution is -0.140. The molecule has 5 aromatic rings. The Labute approximate surface area is 395 Å². The number of benzene rings is 3. The first-order chi connectivity index (χ1) is 33.2. The van der Waals surface area contributed by atoms with Gasteiger partial charge in [0.1, 0.15) is 23.7 Å². The molecular weight excluding hydrogens is 865 g/mol. The number of piperidine rings is 1. The van der Waals surface area contributed by atoms with Crippen molar-refractivity contribution in [1.29, 1.82) is 0 Å². The van der Waals surface area contributed by atoms with Gasteiger partial charge in [-0.2, -0.15) is 0 Å². The molecule has 356 valence electrons. The van der Waals surface area contributed by atoms with Gasteiger partial charge in [-0.3, -0.25) is 9.59 Å². The molecule has 16 heteroatoms. The first kappa shape index (κ1) is 44.3. The molecule has 2 aromatic heterocycles. The van der Waals surface area contributed by atoms with E-state index in [1.807, 2.05) is 22.2 Å². The Morgan fingerprint density at radius 3 is 1.85 bits per heavy atom. The molecule has 2 saturated carbocycles. The minimum atomic E-state index is -0.685. The summed E-state index contributed by atoms with van der Waals surface area (Å²) in [6.45, 7) is 2.91. The number of alkyl carbamates (subject to hydrolysis) is 2. The number of nitrogens with zero attached hydrogens (tertiary/aromatic N) is 4. The first-order valence-electron chi connectivity index (χ1n) is 24.4. The maximum atomic E-state index is 14.4. The van der Waals surface area contributed by atoms with Crippen molar-refractivity contribution < 1.29 is 38.1 Å². The van der Waals surface area contributed by atoms with E-state index in [9.17, 15) is 19.2 Å². The number of hydrogen-bond acceptors (Lipinski definition) is 10. The topological polar surface area (TPSA) is 193 Å². The number of ether oxygens (including phenoxy) is 4. The van der Waals surface area contributed by atoms with Gasteiger partial charge < -0.3 is 49.3 Å². The van der Waals surface area contributed by atoms with Crippen molar-refractivity contribution in [2.24, 2.45) is 23.2 Å². The lowest BCUT2D eigenvalue weighted by atomic mass is 9.89. The molecule has 11 rings (SSSR count). The predicted octanol–water partition coefficient (Wildman–Crippen LogP) is 7.70. The maximum absolute atomic E-state index is 14.4. The number of H-pyrrole nitrogens is 2. The Balaban J connectivity index is 0.780. The van der Waals surface area contributed by atoms with Crippen LogP contribution in [-0.2, 0) is 28.5 Å². The van der Waals surface area contributed by atoms with Gasteiger partial charge in [0.2, 0.25) is 11.8 Å². The van der Waals surface area contributed by atoms with Gasteiger partial charge in [-0.1, -0.05) is 48.5 Å². The fraction of sp³-hybridized carbons (Fsp3) is 0.500. The van der Waals surface area contributed by atoms with Gasteiger partial charge in [-0.25, -0.2) is 19.6 Å². The molecule has 2 bridgehead atoms. The van der Waals surface area contributed by atoms with Crippen molar-refractivity contribution in [1.82, 2.24) is 40.4 Å². The van der Waals surface area contributed by atoms with Crippen LogP contribution in [-0.4, -0.2) is 119 Å². The van der Waals surface area contributed by atoms with Crippen LogP contribution in [0.25, 0.3) is 44.4 Å². The summed E-state index contributed by atoms with van der Waals surface area (Å²) in [4.78, 5) is 74.5. The molecule has 3 aromatic carbocycles. The highest BCUT2D eigenvalue weighted by Gasteiger charge is 2.56. The zero-order valence-electron chi connectivity index (χ0n) is 38.7. The zero-order chi connectivity index (χ0) is 46.5. The van der Waals surface area contributed by atoms with Crippen molar-refractivity contribution in [3.63, 3.8) is 0 Å². The van der Waals surface area contributed by atoms with Crippen molar-refractivity contribution in [3.8, 4) is 33.6 Å². The number of methoxy groups -OCH3 is 2. The van der Waals surface area contributed by atoms with Crippen LogP contribution < -0.4 is 10.6 Å². The van der Waals surface area contributed by atoms with Gasteiger partial charge in [0.15, 0.2) is 0 Å². The number of carbonyl (C=O) groups is 4. The molecule has 4 aliphatic heterocycles. The first-order valence-corrected chi connectivity index (χ1v) is 24.4. The van der Waals surface area contributed by atoms with E-state index < -0.39 is 24.3 Å². The summed E-state index contributed by atoms with van der Waals surface area (Å²) in [5.41, 5.74) is 6.07. The maximum Gasteiger partial charge on any atom is 0.407 e. The van der Waals surface area contributed by atoms with Crippen molar-refractivity contribution in [2.75, 3.05) is 47.2 Å². The molecule has 16 nitrogen and oxygen atoms in total. The largest absolute Gasteiger partial charge is 0.453 e. The van der Waals surface area contributed by atoms with E-state index in [1.54, 1.807) is 0 Å². The number of aromatic amines is 2. The van der Waals surface area contributed by atoms with E-state index in [0.717, 1.165) is 94.6 Å². The van der Waals surface area contributed by atoms with Gasteiger partial charge in [-0.05, 0) is 127 Å². The Kier molecular flexibility index (Phi) is 11.9. The fourth-order valence-corrected chi connectivity index (χ4v) is 12.0. The molecule has 6 aliphatic rings. The molecule has 4 N–H and O–H groups in total. The molecule has 2 aliphatic carbocycles. The van der Waals surface area contributed by atoms with Crippen molar-refractivity contribution >= 4 is 34.8 Å². The molecule has 6 fully saturated rings. The van der Waals surface area contributed by atoms with Crippen LogP contribution in [0.5, 0.6) is 0 Å². The number of amides is 4. The van der Waals surface area contributed by atoms with Crippen LogP contribution in [0.4, 0.5) is 9.59 Å². The number of likely N-dealkylation sites (tertiary alicyclic amines) is 2. The van der Waals surface area contributed by atoms with E-state index in [-0.39, 0.29) is 47.2 Å². The average Bonchev–Trinajstić information content (AvgIpc) is 4.03. The zero-order valence-corrected chi connectivity index (χ0v) is 38.7. The monoisotopic (exact) mass is 924 g/mol.